The van der Waals surface area contributed by atoms with Gasteiger partial charge in [-0.3, -0.25) is 0 Å². The molecule has 124 valence electrons. The molecule has 1 N–H and O–H groups in total. The fourth-order valence-electron chi connectivity index (χ4n) is 2.81. The van der Waals surface area contributed by atoms with Crippen LogP contribution in [0.4, 0.5) is 0 Å². The van der Waals surface area contributed by atoms with Crippen molar-refractivity contribution in [2.24, 2.45) is 0 Å². The summed E-state index contributed by atoms with van der Waals surface area (Å²) < 4.78 is 10.6. The molecule has 0 aromatic heterocycles. The molecule has 1 fully saturated rings. The van der Waals surface area contributed by atoms with Crippen molar-refractivity contribution in [1.82, 2.24) is 5.32 Å². The second-order valence-electron chi connectivity index (χ2n) is 5.55. The highest BCUT2D eigenvalue weighted by molar-refractivity contribution is 6.32. The summed E-state index contributed by atoms with van der Waals surface area (Å²) in [5.41, 5.74) is 2.51. The van der Waals surface area contributed by atoms with Crippen molar-refractivity contribution >= 4 is 24.0 Å². The SMILES string of the molecule is COc1cc(CN[C@@H]2C[C@H]2c2ccccc2)cc(Cl)c1OC.Cl. The van der Waals surface area contributed by atoms with Crippen LogP contribution in [0.5, 0.6) is 11.5 Å². The summed E-state index contributed by atoms with van der Waals surface area (Å²) in [6, 6.07) is 15.1. The molecule has 2 aromatic carbocycles. The van der Waals surface area contributed by atoms with E-state index in [1.54, 1.807) is 14.2 Å². The van der Waals surface area contributed by atoms with E-state index < -0.39 is 0 Å². The van der Waals surface area contributed by atoms with E-state index in [-0.39, 0.29) is 12.4 Å². The molecule has 5 heteroatoms. The van der Waals surface area contributed by atoms with Crippen molar-refractivity contribution in [2.75, 3.05) is 14.2 Å². The standard InChI is InChI=1S/C18H20ClNO2.ClH/c1-21-17-9-12(8-15(19)18(17)22-2)11-20-16-10-14(16)13-6-4-3-5-7-13;/h3-9,14,16,20H,10-11H2,1-2H3;1H/t14-,16+;/m0./s1. The average Bonchev–Trinajstić information content (AvgIpc) is 3.33. The Labute approximate surface area is 148 Å². The molecule has 2 aromatic rings. The first-order valence-corrected chi connectivity index (χ1v) is 7.79. The predicted molar refractivity (Wildman–Crippen MR) is 96.2 cm³/mol. The summed E-state index contributed by atoms with van der Waals surface area (Å²) in [6.07, 6.45) is 1.19. The van der Waals surface area contributed by atoms with Crippen molar-refractivity contribution in [2.45, 2.75) is 24.9 Å². The van der Waals surface area contributed by atoms with Crippen LogP contribution in [0, 0.1) is 0 Å². The number of halogens is 2. The van der Waals surface area contributed by atoms with Gasteiger partial charge in [0.25, 0.3) is 0 Å². The third kappa shape index (κ3) is 4.11. The van der Waals surface area contributed by atoms with Crippen LogP contribution >= 0.6 is 24.0 Å². The zero-order chi connectivity index (χ0) is 15.5. The molecule has 0 heterocycles. The van der Waals surface area contributed by atoms with E-state index in [1.807, 2.05) is 12.1 Å². The summed E-state index contributed by atoms with van der Waals surface area (Å²) in [7, 11) is 3.22. The van der Waals surface area contributed by atoms with Crippen LogP contribution in [0.1, 0.15) is 23.5 Å². The Morgan fingerprint density at radius 2 is 1.87 bits per heavy atom. The van der Waals surface area contributed by atoms with E-state index in [0.717, 1.165) is 12.1 Å². The van der Waals surface area contributed by atoms with Gasteiger partial charge in [-0.2, -0.15) is 0 Å². The Balaban J connectivity index is 0.00000192. The minimum Gasteiger partial charge on any atom is -0.493 e. The van der Waals surface area contributed by atoms with Crippen LogP contribution in [0.2, 0.25) is 5.02 Å². The van der Waals surface area contributed by atoms with Crippen molar-refractivity contribution in [3.8, 4) is 11.5 Å². The molecular weight excluding hydrogens is 333 g/mol. The minimum atomic E-state index is 0. The molecule has 3 rings (SSSR count). The van der Waals surface area contributed by atoms with E-state index >= 15 is 0 Å². The van der Waals surface area contributed by atoms with E-state index in [0.29, 0.717) is 28.5 Å². The monoisotopic (exact) mass is 353 g/mol. The Morgan fingerprint density at radius 3 is 2.52 bits per heavy atom. The van der Waals surface area contributed by atoms with E-state index in [2.05, 4.69) is 35.6 Å². The molecule has 0 aliphatic heterocycles. The maximum Gasteiger partial charge on any atom is 0.179 e. The highest BCUT2D eigenvalue weighted by Gasteiger charge is 2.37. The first-order chi connectivity index (χ1) is 10.7. The normalized spacial score (nSPS) is 18.9. The Hall–Kier alpha value is -1.42. The molecule has 2 atom stereocenters. The number of hydrogen-bond donors (Lipinski definition) is 1. The molecule has 0 bridgehead atoms. The highest BCUT2D eigenvalue weighted by atomic mass is 35.5. The summed E-state index contributed by atoms with van der Waals surface area (Å²) in [5.74, 6) is 1.88. The maximum absolute atomic E-state index is 6.24. The lowest BCUT2D eigenvalue weighted by Gasteiger charge is -2.12. The van der Waals surface area contributed by atoms with Crippen LogP contribution in [0.15, 0.2) is 42.5 Å². The van der Waals surface area contributed by atoms with Gasteiger partial charge >= 0.3 is 0 Å². The molecule has 1 aliphatic carbocycles. The fraction of sp³-hybridized carbons (Fsp3) is 0.333. The number of methoxy groups -OCH3 is 2. The number of ether oxygens (including phenoxy) is 2. The van der Waals surface area contributed by atoms with Crippen LogP contribution < -0.4 is 14.8 Å². The lowest BCUT2D eigenvalue weighted by molar-refractivity contribution is 0.354. The predicted octanol–water partition coefficient (Wildman–Crippen LogP) is 4.42. The molecule has 0 radical (unpaired) electrons. The number of rotatable bonds is 6. The molecular formula is C18H21Cl2NO2. The molecule has 0 saturated heterocycles. The van der Waals surface area contributed by atoms with Gasteiger partial charge in [0.15, 0.2) is 11.5 Å². The van der Waals surface area contributed by atoms with Crippen molar-refractivity contribution in [3.63, 3.8) is 0 Å². The van der Waals surface area contributed by atoms with Gasteiger partial charge < -0.3 is 14.8 Å². The lowest BCUT2D eigenvalue weighted by atomic mass is 10.1. The van der Waals surface area contributed by atoms with Gasteiger partial charge in [-0.15, -0.1) is 12.4 Å². The molecule has 1 aliphatic rings. The largest absolute Gasteiger partial charge is 0.493 e. The van der Waals surface area contributed by atoms with E-state index in [1.165, 1.54) is 12.0 Å². The number of benzene rings is 2. The van der Waals surface area contributed by atoms with Gasteiger partial charge in [-0.05, 0) is 29.7 Å². The van der Waals surface area contributed by atoms with Gasteiger partial charge in [0.1, 0.15) is 0 Å². The summed E-state index contributed by atoms with van der Waals surface area (Å²) in [5, 5.41) is 4.16. The minimum absolute atomic E-state index is 0. The van der Waals surface area contributed by atoms with Crippen LogP contribution in [0.25, 0.3) is 0 Å². The van der Waals surface area contributed by atoms with Crippen molar-refractivity contribution in [3.05, 3.63) is 58.6 Å². The molecule has 0 spiro atoms. The smallest absolute Gasteiger partial charge is 0.179 e. The zero-order valence-electron chi connectivity index (χ0n) is 13.2. The summed E-state index contributed by atoms with van der Waals surface area (Å²) in [4.78, 5) is 0. The summed E-state index contributed by atoms with van der Waals surface area (Å²) in [6.45, 7) is 0.772. The quantitative estimate of drug-likeness (QED) is 0.833. The van der Waals surface area contributed by atoms with E-state index in [9.17, 15) is 0 Å². The molecule has 1 saturated carbocycles. The van der Waals surface area contributed by atoms with E-state index in [4.69, 9.17) is 21.1 Å². The van der Waals surface area contributed by atoms with Gasteiger partial charge in [-0.25, -0.2) is 0 Å². The first kappa shape index (κ1) is 17.9. The second kappa shape index (κ2) is 7.91. The number of hydrogen-bond acceptors (Lipinski definition) is 3. The first-order valence-electron chi connectivity index (χ1n) is 7.41. The summed E-state index contributed by atoms with van der Waals surface area (Å²) >= 11 is 6.24. The Kier molecular flexibility index (Phi) is 6.17. The molecule has 3 nitrogen and oxygen atoms in total. The Bertz CT molecular complexity index is 649. The second-order valence-corrected chi connectivity index (χ2v) is 5.96. The van der Waals surface area contributed by atoms with Gasteiger partial charge in [0, 0.05) is 18.5 Å². The van der Waals surface area contributed by atoms with Crippen LogP contribution in [-0.2, 0) is 6.54 Å². The lowest BCUT2D eigenvalue weighted by Crippen LogP contribution is -2.17. The zero-order valence-corrected chi connectivity index (χ0v) is 14.8. The Morgan fingerprint density at radius 1 is 1.13 bits per heavy atom. The fourth-order valence-corrected chi connectivity index (χ4v) is 3.12. The maximum atomic E-state index is 6.24. The van der Waals surface area contributed by atoms with Crippen molar-refractivity contribution in [1.29, 1.82) is 0 Å². The molecule has 23 heavy (non-hydrogen) atoms. The third-order valence-corrected chi connectivity index (χ3v) is 4.36. The van der Waals surface area contributed by atoms with Crippen molar-refractivity contribution < 1.29 is 9.47 Å². The topological polar surface area (TPSA) is 30.5 Å². The number of nitrogens with one attached hydrogen (secondary N) is 1. The average molecular weight is 354 g/mol. The molecule has 0 unspecified atom stereocenters. The third-order valence-electron chi connectivity index (χ3n) is 4.08. The van der Waals surface area contributed by atoms with Gasteiger partial charge in [0.05, 0.1) is 19.2 Å². The van der Waals surface area contributed by atoms with Gasteiger partial charge in [-0.1, -0.05) is 41.9 Å². The van der Waals surface area contributed by atoms with Crippen LogP contribution in [0.3, 0.4) is 0 Å². The molecule has 0 amide bonds. The van der Waals surface area contributed by atoms with Crippen LogP contribution in [-0.4, -0.2) is 20.3 Å². The highest BCUT2D eigenvalue weighted by Crippen LogP contribution is 2.41. The van der Waals surface area contributed by atoms with Gasteiger partial charge in [0.2, 0.25) is 0 Å².